The molecule has 0 atom stereocenters. The van der Waals surface area contributed by atoms with Crippen LogP contribution in [0.5, 0.6) is 0 Å². The molecule has 0 saturated carbocycles. The van der Waals surface area contributed by atoms with Crippen LogP contribution in [-0.2, 0) is 13.0 Å². The first-order valence-electron chi connectivity index (χ1n) is 8.39. The average molecular weight is 307 g/mol. The fraction of sp³-hybridized carbons (Fsp3) is 0.400. The minimum Gasteiger partial charge on any atom is -0.347 e. The molecule has 0 aliphatic carbocycles. The van der Waals surface area contributed by atoms with Crippen LogP contribution >= 0.6 is 0 Å². The Morgan fingerprint density at radius 2 is 1.83 bits per heavy atom. The predicted octanol–water partition coefficient (Wildman–Crippen LogP) is 4.69. The molecule has 3 aromatic rings. The molecule has 3 nitrogen and oxygen atoms in total. The Kier molecular flexibility index (Phi) is 4.46. The van der Waals surface area contributed by atoms with E-state index in [4.69, 9.17) is 0 Å². The Morgan fingerprint density at radius 1 is 1.09 bits per heavy atom. The maximum atomic E-state index is 4.66. The maximum Gasteiger partial charge on any atom is 0.0541 e. The van der Waals surface area contributed by atoms with Crippen molar-refractivity contribution < 1.29 is 0 Å². The summed E-state index contributed by atoms with van der Waals surface area (Å²) in [5.41, 5.74) is 6.27. The molecule has 0 aliphatic heterocycles. The lowest BCUT2D eigenvalue weighted by Crippen LogP contribution is -2.02. The molecule has 120 valence electrons. The summed E-state index contributed by atoms with van der Waals surface area (Å²) in [4.78, 5) is 8.93. The second-order valence-electron chi connectivity index (χ2n) is 6.81. The summed E-state index contributed by atoms with van der Waals surface area (Å²) < 4.78 is 2.35. The van der Waals surface area contributed by atoms with E-state index >= 15 is 0 Å². The van der Waals surface area contributed by atoms with Gasteiger partial charge in [-0.05, 0) is 55.0 Å². The molecule has 0 radical (unpaired) electrons. The van der Waals surface area contributed by atoms with E-state index in [-0.39, 0.29) is 0 Å². The monoisotopic (exact) mass is 307 g/mol. The van der Waals surface area contributed by atoms with Crippen molar-refractivity contribution in [2.45, 2.75) is 47.1 Å². The second-order valence-corrected chi connectivity index (χ2v) is 6.81. The Bertz CT molecular complexity index is 795. The Balaban J connectivity index is 1.96. The minimum atomic E-state index is 0.718. The third-order valence-corrected chi connectivity index (χ3v) is 4.56. The molecule has 3 aromatic heterocycles. The van der Waals surface area contributed by atoms with Crippen molar-refractivity contribution in [1.82, 2.24) is 14.5 Å². The highest BCUT2D eigenvalue weighted by atomic mass is 15.0. The van der Waals surface area contributed by atoms with Crippen LogP contribution in [0, 0.1) is 19.8 Å². The number of nitrogens with zero attached hydrogens (tertiary/aromatic N) is 3. The Morgan fingerprint density at radius 3 is 2.52 bits per heavy atom. The molecule has 0 N–H and O–H groups in total. The summed E-state index contributed by atoms with van der Waals surface area (Å²) in [5, 5.41) is 1.27. The zero-order chi connectivity index (χ0) is 16.4. The van der Waals surface area contributed by atoms with E-state index in [2.05, 4.69) is 60.6 Å². The molecule has 0 unspecified atom stereocenters. The number of aryl methyl sites for hydroxylation is 3. The van der Waals surface area contributed by atoms with Crippen LogP contribution in [0.1, 0.15) is 42.7 Å². The van der Waals surface area contributed by atoms with Gasteiger partial charge in [0.25, 0.3) is 0 Å². The first-order valence-corrected chi connectivity index (χ1v) is 8.39. The van der Waals surface area contributed by atoms with E-state index in [0.29, 0.717) is 0 Å². The highest BCUT2D eigenvalue weighted by molar-refractivity contribution is 5.82. The zero-order valence-corrected chi connectivity index (χ0v) is 14.5. The van der Waals surface area contributed by atoms with Gasteiger partial charge in [-0.15, -0.1) is 0 Å². The van der Waals surface area contributed by atoms with Gasteiger partial charge in [-0.25, -0.2) is 0 Å². The quantitative estimate of drug-likeness (QED) is 0.685. The molecule has 0 bridgehead atoms. The van der Waals surface area contributed by atoms with Gasteiger partial charge in [0.1, 0.15) is 0 Å². The van der Waals surface area contributed by atoms with E-state index < -0.39 is 0 Å². The number of hydrogen-bond acceptors (Lipinski definition) is 2. The summed E-state index contributed by atoms with van der Waals surface area (Å²) in [6.45, 7) is 9.87. The van der Waals surface area contributed by atoms with E-state index in [9.17, 15) is 0 Å². The summed E-state index contributed by atoms with van der Waals surface area (Å²) in [6, 6.07) is 4.34. The standard InChI is InChI=1S/C20H25N3/c1-14(2)6-9-23-10-7-17-19(22-8-5-20(17)23)11-18-15(3)12-21-13-16(18)4/h5,7-8,10,12-14H,6,9,11H2,1-4H3. The number of hydrogen-bond donors (Lipinski definition) is 0. The van der Waals surface area contributed by atoms with Gasteiger partial charge in [0.05, 0.1) is 11.2 Å². The molecule has 3 heteroatoms. The van der Waals surface area contributed by atoms with Crippen molar-refractivity contribution in [2.24, 2.45) is 5.92 Å². The predicted molar refractivity (Wildman–Crippen MR) is 95.7 cm³/mol. The van der Waals surface area contributed by atoms with E-state index in [0.717, 1.165) is 24.6 Å². The molecule has 0 aromatic carbocycles. The number of rotatable bonds is 5. The van der Waals surface area contributed by atoms with Crippen molar-refractivity contribution in [2.75, 3.05) is 0 Å². The lowest BCUT2D eigenvalue weighted by molar-refractivity contribution is 0.524. The highest BCUT2D eigenvalue weighted by Crippen LogP contribution is 2.23. The van der Waals surface area contributed by atoms with E-state index in [1.807, 2.05) is 18.6 Å². The molecule has 0 aliphatic rings. The lowest BCUT2D eigenvalue weighted by Gasteiger charge is -2.11. The van der Waals surface area contributed by atoms with Crippen LogP contribution < -0.4 is 0 Å². The van der Waals surface area contributed by atoms with Crippen LogP contribution in [0.3, 0.4) is 0 Å². The smallest absolute Gasteiger partial charge is 0.0541 e. The van der Waals surface area contributed by atoms with Gasteiger partial charge in [0, 0.05) is 43.1 Å². The molecule has 0 amide bonds. The van der Waals surface area contributed by atoms with Crippen molar-refractivity contribution in [3.63, 3.8) is 0 Å². The fourth-order valence-electron chi connectivity index (χ4n) is 3.09. The van der Waals surface area contributed by atoms with Crippen LogP contribution in [-0.4, -0.2) is 14.5 Å². The topological polar surface area (TPSA) is 30.7 Å². The average Bonchev–Trinajstić information content (AvgIpc) is 2.93. The molecule has 0 saturated heterocycles. The van der Waals surface area contributed by atoms with Gasteiger partial charge in [0.15, 0.2) is 0 Å². The van der Waals surface area contributed by atoms with Crippen molar-refractivity contribution in [1.29, 1.82) is 0 Å². The summed E-state index contributed by atoms with van der Waals surface area (Å²) in [5.74, 6) is 0.718. The molecule has 3 rings (SSSR count). The van der Waals surface area contributed by atoms with Crippen molar-refractivity contribution >= 4 is 10.9 Å². The van der Waals surface area contributed by atoms with Gasteiger partial charge >= 0.3 is 0 Å². The summed E-state index contributed by atoms with van der Waals surface area (Å²) in [6.07, 6.45) is 10.1. The fourth-order valence-corrected chi connectivity index (χ4v) is 3.09. The number of pyridine rings is 2. The molecular formula is C20H25N3. The lowest BCUT2D eigenvalue weighted by atomic mass is 10.00. The molecule has 0 fully saturated rings. The van der Waals surface area contributed by atoms with Gasteiger partial charge < -0.3 is 4.57 Å². The SMILES string of the molecule is Cc1cncc(C)c1Cc1nccc2c1ccn2CCC(C)C. The van der Waals surface area contributed by atoms with Crippen molar-refractivity contribution in [3.05, 3.63) is 59.3 Å². The highest BCUT2D eigenvalue weighted by Gasteiger charge is 2.11. The maximum absolute atomic E-state index is 4.66. The zero-order valence-electron chi connectivity index (χ0n) is 14.5. The Hall–Kier alpha value is -2.16. The van der Waals surface area contributed by atoms with Crippen LogP contribution in [0.4, 0.5) is 0 Å². The first-order chi connectivity index (χ1) is 11.1. The van der Waals surface area contributed by atoms with Crippen molar-refractivity contribution in [3.8, 4) is 0 Å². The minimum absolute atomic E-state index is 0.718. The normalized spacial score (nSPS) is 11.5. The third kappa shape index (κ3) is 3.29. The van der Waals surface area contributed by atoms with Gasteiger partial charge in [-0.1, -0.05) is 13.8 Å². The third-order valence-electron chi connectivity index (χ3n) is 4.56. The molecule has 3 heterocycles. The van der Waals surface area contributed by atoms with E-state index in [1.54, 1.807) is 0 Å². The second kappa shape index (κ2) is 6.53. The molecule has 0 spiro atoms. The van der Waals surface area contributed by atoms with Crippen LogP contribution in [0.15, 0.2) is 36.9 Å². The van der Waals surface area contributed by atoms with Gasteiger partial charge in [-0.3, -0.25) is 9.97 Å². The number of aromatic nitrogens is 3. The largest absolute Gasteiger partial charge is 0.347 e. The number of fused-ring (bicyclic) bond motifs is 1. The molecular weight excluding hydrogens is 282 g/mol. The van der Waals surface area contributed by atoms with Crippen LogP contribution in [0.25, 0.3) is 10.9 Å². The summed E-state index contributed by atoms with van der Waals surface area (Å²) in [7, 11) is 0. The Labute approximate surface area is 138 Å². The van der Waals surface area contributed by atoms with Gasteiger partial charge in [0.2, 0.25) is 0 Å². The van der Waals surface area contributed by atoms with E-state index in [1.165, 1.54) is 34.0 Å². The molecule has 23 heavy (non-hydrogen) atoms. The van der Waals surface area contributed by atoms with Crippen LogP contribution in [0.2, 0.25) is 0 Å². The first kappa shape index (κ1) is 15.7. The summed E-state index contributed by atoms with van der Waals surface area (Å²) >= 11 is 0. The van der Waals surface area contributed by atoms with Gasteiger partial charge in [-0.2, -0.15) is 0 Å².